The number of fused-ring (bicyclic) bond motifs is 5. The van der Waals surface area contributed by atoms with Gasteiger partial charge >= 0.3 is 0 Å². The minimum absolute atomic E-state index is 0.190. The highest BCUT2D eigenvalue weighted by Crippen LogP contribution is 2.67. The van der Waals surface area contributed by atoms with Crippen molar-refractivity contribution < 1.29 is 4.79 Å². The fraction of sp³-hybridized carbons (Fsp3) is 0.833. The fourth-order valence-electron chi connectivity index (χ4n) is 9.05. The average molecular weight is 425 g/mol. The maximum absolute atomic E-state index is 11.4. The van der Waals surface area contributed by atoms with Gasteiger partial charge in [0.05, 0.1) is 0 Å². The number of rotatable bonds is 6. The number of carbonyl (C=O) groups excluding carboxylic acids is 1. The van der Waals surface area contributed by atoms with Gasteiger partial charge < -0.3 is 4.79 Å². The van der Waals surface area contributed by atoms with E-state index in [0.717, 1.165) is 41.9 Å². The smallest absolute Gasteiger partial charge is 0.126 e. The number of aldehydes is 1. The molecule has 0 amide bonds. The zero-order valence-corrected chi connectivity index (χ0v) is 21.2. The Bertz CT molecular complexity index is 716. The van der Waals surface area contributed by atoms with E-state index in [1.807, 2.05) is 0 Å². The molecule has 3 fully saturated rings. The van der Waals surface area contributed by atoms with Crippen molar-refractivity contribution in [1.29, 1.82) is 0 Å². The van der Waals surface area contributed by atoms with Crippen molar-refractivity contribution in [3.63, 3.8) is 0 Å². The molecule has 0 heterocycles. The van der Waals surface area contributed by atoms with Crippen molar-refractivity contribution >= 4 is 6.29 Å². The topological polar surface area (TPSA) is 17.1 Å². The molecule has 4 aliphatic carbocycles. The van der Waals surface area contributed by atoms with E-state index in [-0.39, 0.29) is 5.92 Å². The molecule has 9 atom stereocenters. The van der Waals surface area contributed by atoms with Crippen molar-refractivity contribution in [2.24, 2.45) is 58.2 Å². The van der Waals surface area contributed by atoms with Gasteiger partial charge in [0.2, 0.25) is 0 Å². The van der Waals surface area contributed by atoms with Crippen LogP contribution in [0.15, 0.2) is 23.8 Å². The molecule has 2 unspecified atom stereocenters. The number of allylic oxidation sites excluding steroid dienone is 4. The Morgan fingerprint density at radius 3 is 2.45 bits per heavy atom. The predicted octanol–water partition coefficient (Wildman–Crippen LogP) is 8.26. The Hall–Kier alpha value is -0.850. The summed E-state index contributed by atoms with van der Waals surface area (Å²) in [5, 5.41) is 0. The summed E-state index contributed by atoms with van der Waals surface area (Å²) < 4.78 is 0. The molecular formula is C30H48O. The van der Waals surface area contributed by atoms with Crippen LogP contribution in [0.25, 0.3) is 0 Å². The van der Waals surface area contributed by atoms with Gasteiger partial charge in [0, 0.05) is 5.92 Å². The lowest BCUT2D eigenvalue weighted by Gasteiger charge is -2.59. The lowest BCUT2D eigenvalue weighted by molar-refractivity contribution is -0.111. The Balaban J connectivity index is 1.52. The van der Waals surface area contributed by atoms with Crippen LogP contribution in [-0.4, -0.2) is 6.29 Å². The molecule has 0 N–H and O–H groups in total. The van der Waals surface area contributed by atoms with E-state index in [4.69, 9.17) is 0 Å². The second-order valence-corrected chi connectivity index (χ2v) is 12.7. The summed E-state index contributed by atoms with van der Waals surface area (Å²) in [6, 6.07) is 0. The summed E-state index contributed by atoms with van der Waals surface area (Å²) in [6.07, 6.45) is 20.6. The van der Waals surface area contributed by atoms with Crippen molar-refractivity contribution in [2.45, 2.75) is 99.3 Å². The highest BCUT2D eigenvalue weighted by molar-refractivity contribution is 5.58. The Morgan fingerprint density at radius 1 is 1.00 bits per heavy atom. The first-order chi connectivity index (χ1) is 14.7. The molecule has 31 heavy (non-hydrogen) atoms. The summed E-state index contributed by atoms with van der Waals surface area (Å²) in [7, 11) is 0. The molecule has 174 valence electrons. The third-order valence-corrected chi connectivity index (χ3v) is 11.0. The number of hydrogen-bond donors (Lipinski definition) is 0. The minimum atomic E-state index is 0.190. The van der Waals surface area contributed by atoms with Crippen LogP contribution in [-0.2, 0) is 4.79 Å². The first-order valence-corrected chi connectivity index (χ1v) is 13.6. The third kappa shape index (κ3) is 3.91. The van der Waals surface area contributed by atoms with Crippen LogP contribution in [0, 0.1) is 58.2 Å². The van der Waals surface area contributed by atoms with Crippen molar-refractivity contribution in [3.05, 3.63) is 23.8 Å². The van der Waals surface area contributed by atoms with Gasteiger partial charge in [-0.05, 0) is 110 Å². The van der Waals surface area contributed by atoms with E-state index < -0.39 is 0 Å². The lowest BCUT2D eigenvalue weighted by atomic mass is 9.46. The number of hydrogen-bond acceptors (Lipinski definition) is 1. The monoisotopic (exact) mass is 424 g/mol. The maximum atomic E-state index is 11.4. The first-order valence-electron chi connectivity index (χ1n) is 13.6. The predicted molar refractivity (Wildman–Crippen MR) is 132 cm³/mol. The molecule has 0 aromatic heterocycles. The maximum Gasteiger partial charge on any atom is 0.126 e. The zero-order chi connectivity index (χ0) is 22.4. The highest BCUT2D eigenvalue weighted by atomic mass is 16.1. The van der Waals surface area contributed by atoms with Gasteiger partial charge in [0.1, 0.15) is 6.29 Å². The van der Waals surface area contributed by atoms with Gasteiger partial charge in [-0.2, -0.15) is 0 Å². The molecular weight excluding hydrogens is 376 g/mol. The largest absolute Gasteiger partial charge is 0.303 e. The van der Waals surface area contributed by atoms with Crippen molar-refractivity contribution in [3.8, 4) is 0 Å². The lowest BCUT2D eigenvalue weighted by Crippen LogP contribution is -2.50. The molecule has 4 rings (SSSR count). The zero-order valence-electron chi connectivity index (χ0n) is 21.2. The van der Waals surface area contributed by atoms with Crippen LogP contribution >= 0.6 is 0 Å². The van der Waals surface area contributed by atoms with Gasteiger partial charge in [-0.25, -0.2) is 0 Å². The summed E-state index contributed by atoms with van der Waals surface area (Å²) in [5.41, 5.74) is 2.55. The molecule has 0 aromatic carbocycles. The summed E-state index contributed by atoms with van der Waals surface area (Å²) in [6.45, 7) is 14.8. The molecule has 0 radical (unpaired) electrons. The Labute approximate surface area is 192 Å². The molecule has 1 nitrogen and oxygen atoms in total. The molecule has 0 spiro atoms. The molecule has 4 aliphatic rings. The van der Waals surface area contributed by atoms with Crippen molar-refractivity contribution in [2.75, 3.05) is 0 Å². The first kappa shape index (κ1) is 23.3. The Kier molecular flexibility index (Phi) is 6.64. The normalized spacial score (nSPS) is 44.4. The second-order valence-electron chi connectivity index (χ2n) is 12.7. The van der Waals surface area contributed by atoms with Crippen LogP contribution in [0.1, 0.15) is 99.3 Å². The number of carbonyl (C=O) groups is 1. The summed E-state index contributed by atoms with van der Waals surface area (Å²) >= 11 is 0. The summed E-state index contributed by atoms with van der Waals surface area (Å²) in [5.74, 6) is 5.91. The van der Waals surface area contributed by atoms with Crippen molar-refractivity contribution in [1.82, 2.24) is 0 Å². The highest BCUT2D eigenvalue weighted by Gasteiger charge is 2.59. The quantitative estimate of drug-likeness (QED) is 0.310. The SMILES string of the molecule is CCC(C=C[C@@H](C)[C@H]1CC[C@H]2[C@@H]3CCC4=CC(C=O)CC[C@]4(C)[C@H]3CC[C@]12C)C(C)C. The summed E-state index contributed by atoms with van der Waals surface area (Å²) in [4.78, 5) is 11.4. The van der Waals surface area contributed by atoms with Crippen LogP contribution in [0.5, 0.6) is 0 Å². The van der Waals surface area contributed by atoms with E-state index in [1.54, 1.807) is 5.57 Å². The third-order valence-electron chi connectivity index (χ3n) is 11.0. The molecule has 0 bridgehead atoms. The van der Waals surface area contributed by atoms with Gasteiger partial charge in [-0.1, -0.05) is 65.3 Å². The van der Waals surface area contributed by atoms with E-state index in [9.17, 15) is 4.79 Å². The average Bonchev–Trinajstić information content (AvgIpc) is 3.10. The van der Waals surface area contributed by atoms with E-state index in [1.165, 1.54) is 57.7 Å². The van der Waals surface area contributed by atoms with Gasteiger partial charge in [0.15, 0.2) is 0 Å². The van der Waals surface area contributed by atoms with Crippen LogP contribution in [0.3, 0.4) is 0 Å². The molecule has 1 heteroatoms. The molecule has 0 aliphatic heterocycles. The molecule has 3 saturated carbocycles. The fourth-order valence-corrected chi connectivity index (χ4v) is 9.05. The van der Waals surface area contributed by atoms with Crippen LogP contribution in [0.4, 0.5) is 0 Å². The van der Waals surface area contributed by atoms with Crippen LogP contribution in [0.2, 0.25) is 0 Å². The minimum Gasteiger partial charge on any atom is -0.303 e. The second kappa shape index (κ2) is 8.83. The molecule has 0 aromatic rings. The Morgan fingerprint density at radius 2 is 1.77 bits per heavy atom. The van der Waals surface area contributed by atoms with E-state index >= 15 is 0 Å². The standard InChI is InChI=1S/C30H48O/c1-7-23(20(2)3)9-8-21(4)26-12-13-27-25-11-10-24-18-22(19-31)14-16-29(24,5)28(25)15-17-30(26,27)6/h8-9,18-23,25-28H,7,10-17H2,1-6H3/t21-,22?,23?,25+,26-,27+,28+,29+,30-/m1/s1. The van der Waals surface area contributed by atoms with Gasteiger partial charge in [0.25, 0.3) is 0 Å². The van der Waals surface area contributed by atoms with Gasteiger partial charge in [-0.15, -0.1) is 0 Å². The molecule has 0 saturated heterocycles. The van der Waals surface area contributed by atoms with E-state index in [0.29, 0.717) is 16.7 Å². The van der Waals surface area contributed by atoms with Gasteiger partial charge in [-0.3, -0.25) is 0 Å². The van der Waals surface area contributed by atoms with E-state index in [2.05, 4.69) is 59.8 Å². The van der Waals surface area contributed by atoms with Crippen LogP contribution < -0.4 is 0 Å².